The predicted octanol–water partition coefficient (Wildman–Crippen LogP) is 7.23. The highest BCUT2D eigenvalue weighted by Crippen LogP contribution is 2.64. The Labute approximate surface area is 180 Å². The second-order valence-corrected chi connectivity index (χ2v) is 10.1. The number of hydrogen-bond donors (Lipinski definition) is 2. The molecule has 2 bridgehead atoms. The lowest BCUT2D eigenvalue weighted by Crippen LogP contribution is -2.55. The number of hydrogen-bond acceptors (Lipinski definition) is 2. The van der Waals surface area contributed by atoms with Crippen LogP contribution in [-0.4, -0.2) is 22.3 Å². The number of aliphatic hydroxyl groups excluding tert-OH is 1. The fraction of sp³-hybridized carbons (Fsp3) is 0.885. The number of carbonyl (C=O) groups is 1. The van der Waals surface area contributed by atoms with Crippen molar-refractivity contribution in [3.63, 3.8) is 0 Å². The van der Waals surface area contributed by atoms with Crippen LogP contribution in [0.4, 0.5) is 0 Å². The number of allylic oxidation sites excluding steroid dienone is 2. The molecule has 0 amide bonds. The molecule has 0 aromatic rings. The van der Waals surface area contributed by atoms with E-state index in [1.54, 1.807) is 0 Å². The average Bonchev–Trinajstić information content (AvgIpc) is 2.65. The molecule has 3 heteroatoms. The zero-order valence-corrected chi connectivity index (χ0v) is 18.5. The van der Waals surface area contributed by atoms with Crippen molar-refractivity contribution in [3.05, 3.63) is 12.2 Å². The van der Waals surface area contributed by atoms with Gasteiger partial charge in [-0.05, 0) is 86.9 Å². The van der Waals surface area contributed by atoms with Gasteiger partial charge in [0.1, 0.15) is 0 Å². The molecule has 3 fully saturated rings. The number of carboxylic acids is 1. The fourth-order valence-electron chi connectivity index (χ4n) is 5.83. The van der Waals surface area contributed by atoms with Crippen LogP contribution in [0.3, 0.4) is 0 Å². The maximum absolute atomic E-state index is 10.6. The highest BCUT2D eigenvalue weighted by atomic mass is 16.4. The molecular formula is C26H48O3. The van der Waals surface area contributed by atoms with Gasteiger partial charge in [0.15, 0.2) is 0 Å². The Kier molecular flexibility index (Phi) is 11.5. The fourth-order valence-corrected chi connectivity index (χ4v) is 5.83. The van der Waals surface area contributed by atoms with Gasteiger partial charge in [0.05, 0.1) is 6.10 Å². The summed E-state index contributed by atoms with van der Waals surface area (Å²) < 4.78 is 0. The summed E-state index contributed by atoms with van der Waals surface area (Å²) in [7, 11) is 0. The summed E-state index contributed by atoms with van der Waals surface area (Å²) in [5.74, 6) is 2.57. The predicted molar refractivity (Wildman–Crippen MR) is 123 cm³/mol. The Morgan fingerprint density at radius 1 is 1.10 bits per heavy atom. The Morgan fingerprint density at radius 2 is 1.86 bits per heavy atom. The monoisotopic (exact) mass is 408 g/mol. The third kappa shape index (κ3) is 7.74. The standard InChI is InChI=1S/C25H44O3.CH4/c1-4-5-9-12-21(26)16-15-19-17-20-18-23(25(20,2)3)22(19)13-10-7-6-8-11-14-24(27)28;/h7,10,19-23,26H,4-6,8-9,11-18H2,1-3H3,(H,27,28);1H4/b10-7-;/t19?,20-,21-,22+,23-;/m0./s1. The van der Waals surface area contributed by atoms with E-state index in [2.05, 4.69) is 32.9 Å². The Hall–Kier alpha value is -0.830. The molecule has 0 radical (unpaired) electrons. The van der Waals surface area contributed by atoms with Crippen molar-refractivity contribution < 1.29 is 15.0 Å². The van der Waals surface area contributed by atoms with Gasteiger partial charge in [0.25, 0.3) is 0 Å². The van der Waals surface area contributed by atoms with E-state index in [9.17, 15) is 9.90 Å². The Balaban J connectivity index is 0.00000420. The van der Waals surface area contributed by atoms with Gasteiger partial charge in [0, 0.05) is 6.42 Å². The minimum Gasteiger partial charge on any atom is -0.481 e. The third-order valence-corrected chi connectivity index (χ3v) is 7.85. The van der Waals surface area contributed by atoms with Crippen LogP contribution in [0.1, 0.15) is 112 Å². The van der Waals surface area contributed by atoms with Crippen molar-refractivity contribution in [2.24, 2.45) is 29.1 Å². The molecule has 0 aliphatic heterocycles. The SMILES string of the molecule is C.CCCCC[C@H](O)CCC1C[C@H]2C[C@@H]([C@@H]1C/C=C\CCCCC(=O)O)C2(C)C. The number of rotatable bonds is 14. The molecule has 3 nitrogen and oxygen atoms in total. The lowest BCUT2D eigenvalue weighted by molar-refractivity contribution is -0.137. The van der Waals surface area contributed by atoms with E-state index in [0.717, 1.165) is 68.6 Å². The van der Waals surface area contributed by atoms with Crippen molar-refractivity contribution in [2.45, 2.75) is 118 Å². The van der Waals surface area contributed by atoms with Crippen molar-refractivity contribution in [3.8, 4) is 0 Å². The lowest BCUT2D eigenvalue weighted by Gasteiger charge is -2.63. The number of carboxylic acid groups (broad SMARTS) is 1. The van der Waals surface area contributed by atoms with E-state index in [1.165, 1.54) is 32.1 Å². The van der Waals surface area contributed by atoms with Crippen LogP contribution in [-0.2, 0) is 4.79 Å². The van der Waals surface area contributed by atoms with Crippen LogP contribution >= 0.6 is 0 Å². The topological polar surface area (TPSA) is 57.5 Å². The molecule has 170 valence electrons. The van der Waals surface area contributed by atoms with Gasteiger partial charge in [-0.15, -0.1) is 0 Å². The van der Waals surface area contributed by atoms with E-state index in [-0.39, 0.29) is 20.0 Å². The van der Waals surface area contributed by atoms with Gasteiger partial charge in [-0.1, -0.05) is 59.6 Å². The maximum atomic E-state index is 10.6. The van der Waals surface area contributed by atoms with Crippen LogP contribution < -0.4 is 0 Å². The van der Waals surface area contributed by atoms with Gasteiger partial charge in [0.2, 0.25) is 0 Å². The Morgan fingerprint density at radius 3 is 2.52 bits per heavy atom. The molecule has 3 aliphatic carbocycles. The second-order valence-electron chi connectivity index (χ2n) is 10.1. The van der Waals surface area contributed by atoms with Gasteiger partial charge in [-0.25, -0.2) is 0 Å². The zero-order chi connectivity index (χ0) is 20.6. The van der Waals surface area contributed by atoms with Crippen LogP contribution in [0.15, 0.2) is 12.2 Å². The number of fused-ring (bicyclic) bond motifs is 2. The normalized spacial score (nSPS) is 28.6. The molecule has 0 aromatic heterocycles. The minimum atomic E-state index is -0.687. The maximum Gasteiger partial charge on any atom is 0.303 e. The van der Waals surface area contributed by atoms with Gasteiger partial charge in [-0.2, -0.15) is 0 Å². The second kappa shape index (κ2) is 12.8. The molecule has 5 atom stereocenters. The third-order valence-electron chi connectivity index (χ3n) is 7.85. The summed E-state index contributed by atoms with van der Waals surface area (Å²) >= 11 is 0. The number of aliphatic carboxylic acids is 1. The van der Waals surface area contributed by atoms with E-state index < -0.39 is 5.97 Å². The van der Waals surface area contributed by atoms with Gasteiger partial charge in [-0.3, -0.25) is 4.79 Å². The molecule has 3 saturated carbocycles. The minimum absolute atomic E-state index is 0. The van der Waals surface area contributed by atoms with Gasteiger partial charge >= 0.3 is 5.97 Å². The van der Waals surface area contributed by atoms with Crippen LogP contribution in [0.25, 0.3) is 0 Å². The van der Waals surface area contributed by atoms with Crippen molar-refractivity contribution in [2.75, 3.05) is 0 Å². The molecule has 0 saturated heterocycles. The summed E-state index contributed by atoms with van der Waals surface area (Å²) in [5, 5.41) is 19.1. The number of aliphatic hydroxyl groups is 1. The van der Waals surface area contributed by atoms with Crippen LogP contribution in [0, 0.1) is 29.1 Å². The molecule has 0 heterocycles. The molecule has 0 spiro atoms. The van der Waals surface area contributed by atoms with E-state index in [4.69, 9.17) is 5.11 Å². The van der Waals surface area contributed by atoms with E-state index in [1.807, 2.05) is 0 Å². The first kappa shape index (κ1) is 26.2. The highest BCUT2D eigenvalue weighted by molar-refractivity contribution is 5.66. The summed E-state index contributed by atoms with van der Waals surface area (Å²) in [6.45, 7) is 7.14. The van der Waals surface area contributed by atoms with Crippen molar-refractivity contribution >= 4 is 5.97 Å². The first-order valence-corrected chi connectivity index (χ1v) is 11.9. The lowest BCUT2D eigenvalue weighted by atomic mass is 9.42. The molecular weight excluding hydrogens is 360 g/mol. The molecule has 3 rings (SSSR count). The van der Waals surface area contributed by atoms with Crippen molar-refractivity contribution in [1.29, 1.82) is 0 Å². The summed E-state index contributed by atoms with van der Waals surface area (Å²) in [5.41, 5.74) is 0.496. The number of unbranched alkanes of at least 4 members (excludes halogenated alkanes) is 4. The quantitative estimate of drug-likeness (QED) is 0.235. The highest BCUT2D eigenvalue weighted by Gasteiger charge is 2.56. The van der Waals surface area contributed by atoms with Crippen molar-refractivity contribution in [1.82, 2.24) is 0 Å². The molecule has 2 N–H and O–H groups in total. The molecule has 3 aliphatic rings. The summed E-state index contributed by atoms with van der Waals surface area (Å²) in [6.07, 6.45) is 18.2. The molecule has 29 heavy (non-hydrogen) atoms. The summed E-state index contributed by atoms with van der Waals surface area (Å²) in [4.78, 5) is 10.6. The smallest absolute Gasteiger partial charge is 0.303 e. The zero-order valence-electron chi connectivity index (χ0n) is 18.5. The van der Waals surface area contributed by atoms with Crippen LogP contribution in [0.5, 0.6) is 0 Å². The average molecular weight is 409 g/mol. The first-order valence-electron chi connectivity index (χ1n) is 11.9. The van der Waals surface area contributed by atoms with E-state index >= 15 is 0 Å². The Bertz CT molecular complexity index is 496. The van der Waals surface area contributed by atoms with Crippen LogP contribution in [0.2, 0.25) is 0 Å². The molecule has 1 unspecified atom stereocenters. The van der Waals surface area contributed by atoms with E-state index in [0.29, 0.717) is 5.41 Å². The van der Waals surface area contributed by atoms with Gasteiger partial charge < -0.3 is 10.2 Å². The summed E-state index contributed by atoms with van der Waals surface area (Å²) in [6, 6.07) is 0. The largest absolute Gasteiger partial charge is 0.481 e. The molecule has 0 aromatic carbocycles. The first-order chi connectivity index (χ1) is 13.4.